The number of fused-ring (bicyclic) bond motifs is 1. The smallest absolute Gasteiger partial charge is 0.230 e. The quantitative estimate of drug-likeness (QED) is 0.842. The van der Waals surface area contributed by atoms with Crippen molar-refractivity contribution in [1.82, 2.24) is 9.29 Å². The minimum Gasteiger partial charge on any atom is -0.302 e. The van der Waals surface area contributed by atoms with Crippen LogP contribution in [0, 0.1) is 19.8 Å². The largest absolute Gasteiger partial charge is 0.302 e. The molecular formula is C18H25N3O3S2. The van der Waals surface area contributed by atoms with E-state index in [9.17, 15) is 13.2 Å². The van der Waals surface area contributed by atoms with Crippen LogP contribution in [0.25, 0.3) is 10.2 Å². The van der Waals surface area contributed by atoms with Gasteiger partial charge < -0.3 is 5.32 Å². The number of sulfonamides is 1. The summed E-state index contributed by atoms with van der Waals surface area (Å²) in [5, 5.41) is 3.49. The first kappa shape index (κ1) is 19.3. The highest BCUT2D eigenvalue weighted by atomic mass is 32.2. The Balaban J connectivity index is 1.74. The van der Waals surface area contributed by atoms with E-state index in [-0.39, 0.29) is 24.1 Å². The second-order valence-corrected chi connectivity index (χ2v) is 9.99. The van der Waals surface area contributed by atoms with Gasteiger partial charge in [-0.15, -0.1) is 0 Å². The van der Waals surface area contributed by atoms with E-state index in [2.05, 4.69) is 16.4 Å². The van der Waals surface area contributed by atoms with Crippen LogP contribution in [0.3, 0.4) is 0 Å². The van der Waals surface area contributed by atoms with Crippen molar-refractivity contribution in [2.24, 2.45) is 5.92 Å². The Morgan fingerprint density at radius 1 is 1.35 bits per heavy atom. The highest BCUT2D eigenvalue weighted by molar-refractivity contribution is 7.89. The average molecular weight is 396 g/mol. The predicted octanol–water partition coefficient (Wildman–Crippen LogP) is 3.30. The Morgan fingerprint density at radius 2 is 2.08 bits per heavy atom. The number of carbonyl (C=O) groups excluding carboxylic acids is 1. The van der Waals surface area contributed by atoms with E-state index >= 15 is 0 Å². The molecule has 1 aromatic heterocycles. The van der Waals surface area contributed by atoms with Crippen molar-refractivity contribution in [3.63, 3.8) is 0 Å². The van der Waals surface area contributed by atoms with Gasteiger partial charge in [0, 0.05) is 13.1 Å². The van der Waals surface area contributed by atoms with Crippen LogP contribution in [0.4, 0.5) is 5.13 Å². The third-order valence-electron chi connectivity index (χ3n) is 4.78. The van der Waals surface area contributed by atoms with Gasteiger partial charge in [0.1, 0.15) is 0 Å². The van der Waals surface area contributed by atoms with Crippen LogP contribution in [-0.2, 0) is 14.8 Å². The van der Waals surface area contributed by atoms with Crippen molar-refractivity contribution in [1.29, 1.82) is 0 Å². The predicted molar refractivity (Wildman–Crippen MR) is 106 cm³/mol. The number of rotatable bonds is 5. The first-order valence-electron chi connectivity index (χ1n) is 8.97. The molecule has 0 spiro atoms. The van der Waals surface area contributed by atoms with E-state index in [1.807, 2.05) is 26.8 Å². The van der Waals surface area contributed by atoms with Crippen LogP contribution < -0.4 is 5.32 Å². The number of nitrogens with zero attached hydrogens (tertiary/aromatic N) is 2. The summed E-state index contributed by atoms with van der Waals surface area (Å²) in [7, 11) is -3.26. The van der Waals surface area contributed by atoms with Crippen molar-refractivity contribution in [3.8, 4) is 0 Å². The number of aryl methyl sites for hydroxylation is 2. The van der Waals surface area contributed by atoms with Gasteiger partial charge in [-0.2, -0.15) is 0 Å². The Hall–Kier alpha value is -1.51. The number of benzene rings is 1. The molecule has 1 atom stereocenters. The summed E-state index contributed by atoms with van der Waals surface area (Å²) in [4.78, 5) is 17.2. The van der Waals surface area contributed by atoms with E-state index in [1.165, 1.54) is 15.6 Å². The first-order valence-corrected chi connectivity index (χ1v) is 11.4. The number of amides is 1. The second kappa shape index (κ2) is 7.62. The van der Waals surface area contributed by atoms with Crippen LogP contribution in [0.15, 0.2) is 12.1 Å². The topological polar surface area (TPSA) is 79.4 Å². The summed E-state index contributed by atoms with van der Waals surface area (Å²) < 4.78 is 27.1. The molecule has 3 rings (SSSR count). The molecule has 142 valence electrons. The molecule has 0 bridgehead atoms. The number of carbonyl (C=O) groups is 1. The third-order valence-corrected chi connectivity index (χ3v) is 7.93. The van der Waals surface area contributed by atoms with Gasteiger partial charge in [0.15, 0.2) is 5.13 Å². The number of hydrogen-bond donors (Lipinski definition) is 1. The molecule has 2 aromatic rings. The second-order valence-electron chi connectivity index (χ2n) is 6.90. The molecule has 8 heteroatoms. The molecule has 1 N–H and O–H groups in total. The van der Waals surface area contributed by atoms with Crippen LogP contribution in [0.1, 0.15) is 37.3 Å². The SMILES string of the molecule is CCCS(=O)(=O)N1CCCC(C(=O)Nc2nc3c(C)ccc(C)c3s2)C1. The lowest BCUT2D eigenvalue weighted by molar-refractivity contribution is -0.120. The normalized spacial score (nSPS) is 19.0. The highest BCUT2D eigenvalue weighted by Gasteiger charge is 2.32. The van der Waals surface area contributed by atoms with Gasteiger partial charge >= 0.3 is 0 Å². The van der Waals surface area contributed by atoms with Crippen LogP contribution >= 0.6 is 11.3 Å². The standard InChI is InChI=1S/C18H25N3O3S2/c1-4-10-26(23,24)21-9-5-6-14(11-21)17(22)20-18-19-15-12(2)7-8-13(3)16(15)25-18/h7-8,14H,4-6,9-11H2,1-3H3,(H,19,20,22). The van der Waals surface area contributed by atoms with Crippen molar-refractivity contribution < 1.29 is 13.2 Å². The molecule has 0 saturated carbocycles. The maximum absolute atomic E-state index is 12.7. The van der Waals surface area contributed by atoms with Gasteiger partial charge in [0.05, 0.1) is 21.9 Å². The van der Waals surface area contributed by atoms with Crippen molar-refractivity contribution in [2.75, 3.05) is 24.2 Å². The minimum absolute atomic E-state index is 0.137. The van der Waals surface area contributed by atoms with Crippen molar-refractivity contribution >= 4 is 42.6 Å². The van der Waals surface area contributed by atoms with E-state index in [0.717, 1.165) is 21.3 Å². The molecule has 1 saturated heterocycles. The summed E-state index contributed by atoms with van der Waals surface area (Å²) in [6, 6.07) is 4.08. The molecule has 2 heterocycles. The zero-order valence-electron chi connectivity index (χ0n) is 15.4. The molecule has 1 fully saturated rings. The maximum atomic E-state index is 12.7. The molecule has 0 aliphatic carbocycles. The zero-order valence-corrected chi connectivity index (χ0v) is 17.0. The van der Waals surface area contributed by atoms with E-state index in [1.54, 1.807) is 0 Å². The zero-order chi connectivity index (χ0) is 18.9. The number of aromatic nitrogens is 1. The summed E-state index contributed by atoms with van der Waals surface area (Å²) >= 11 is 1.47. The fourth-order valence-corrected chi connectivity index (χ4v) is 5.92. The Morgan fingerprint density at radius 3 is 2.77 bits per heavy atom. The fourth-order valence-electron chi connectivity index (χ4n) is 3.32. The summed E-state index contributed by atoms with van der Waals surface area (Å²) in [6.07, 6.45) is 1.99. The average Bonchev–Trinajstić information content (AvgIpc) is 3.03. The lowest BCUT2D eigenvalue weighted by Gasteiger charge is -2.30. The number of piperidine rings is 1. The molecule has 1 aliphatic rings. The summed E-state index contributed by atoms with van der Waals surface area (Å²) in [5.41, 5.74) is 3.14. The van der Waals surface area contributed by atoms with Gasteiger partial charge in [-0.3, -0.25) is 4.79 Å². The van der Waals surface area contributed by atoms with E-state index in [4.69, 9.17) is 0 Å². The molecule has 0 radical (unpaired) electrons. The van der Waals surface area contributed by atoms with Gasteiger partial charge in [-0.1, -0.05) is 30.4 Å². The molecule has 26 heavy (non-hydrogen) atoms. The van der Waals surface area contributed by atoms with Crippen molar-refractivity contribution in [3.05, 3.63) is 23.3 Å². The molecule has 6 nitrogen and oxygen atoms in total. The van der Waals surface area contributed by atoms with E-state index in [0.29, 0.717) is 30.9 Å². The number of nitrogens with one attached hydrogen (secondary N) is 1. The molecule has 1 amide bonds. The summed E-state index contributed by atoms with van der Waals surface area (Å²) in [6.45, 7) is 6.65. The molecule has 1 unspecified atom stereocenters. The highest BCUT2D eigenvalue weighted by Crippen LogP contribution is 2.31. The molecule has 1 aliphatic heterocycles. The summed E-state index contributed by atoms with van der Waals surface area (Å²) in [5.74, 6) is -0.335. The van der Waals surface area contributed by atoms with Gasteiger partial charge in [-0.25, -0.2) is 17.7 Å². The number of thiazole rings is 1. The fraction of sp³-hybridized carbons (Fsp3) is 0.556. The monoisotopic (exact) mass is 395 g/mol. The van der Waals surface area contributed by atoms with Gasteiger partial charge in [0.2, 0.25) is 15.9 Å². The number of hydrogen-bond acceptors (Lipinski definition) is 5. The molecule has 1 aromatic carbocycles. The van der Waals surface area contributed by atoms with E-state index < -0.39 is 10.0 Å². The van der Waals surface area contributed by atoms with Gasteiger partial charge in [0.25, 0.3) is 0 Å². The number of anilines is 1. The Labute approximate surface area is 158 Å². The van der Waals surface area contributed by atoms with Gasteiger partial charge in [-0.05, 0) is 44.2 Å². The van der Waals surface area contributed by atoms with Crippen LogP contribution in [0.2, 0.25) is 0 Å². The molecular weight excluding hydrogens is 370 g/mol. The lowest BCUT2D eigenvalue weighted by Crippen LogP contribution is -2.44. The lowest BCUT2D eigenvalue weighted by atomic mass is 9.99. The van der Waals surface area contributed by atoms with Crippen molar-refractivity contribution in [2.45, 2.75) is 40.0 Å². The minimum atomic E-state index is -3.26. The Bertz CT molecular complexity index is 882. The van der Waals surface area contributed by atoms with Crippen LogP contribution in [0.5, 0.6) is 0 Å². The Kier molecular flexibility index (Phi) is 5.64. The van der Waals surface area contributed by atoms with Crippen LogP contribution in [-0.4, -0.2) is 42.5 Å². The maximum Gasteiger partial charge on any atom is 0.230 e. The third kappa shape index (κ3) is 3.92. The first-order chi connectivity index (χ1) is 12.3.